The summed E-state index contributed by atoms with van der Waals surface area (Å²) in [6.07, 6.45) is -1.01. The lowest BCUT2D eigenvalue weighted by Crippen LogP contribution is -2.41. The van der Waals surface area contributed by atoms with Crippen LogP contribution < -0.4 is 4.74 Å². The standard InChI is InChI=1S/C23H27NO7S/c1-15-8-9-19(12-16(15)2)32(28,29)24-14-18(26)13-21(24)23(27)31-11-10-30-22-7-5-4-6-20(22)17(3)25/h4-9,12,18,21,26H,10-11,13-14H2,1-3H3. The number of Topliss-reactive ketones (excluding diaryl/α,β-unsaturated/α-hetero) is 1. The molecule has 0 radical (unpaired) electrons. The van der Waals surface area contributed by atoms with Gasteiger partial charge in [0.2, 0.25) is 10.0 Å². The molecule has 2 aromatic rings. The second-order valence-corrected chi connectivity index (χ2v) is 9.68. The van der Waals surface area contributed by atoms with Crippen molar-refractivity contribution in [2.24, 2.45) is 0 Å². The van der Waals surface area contributed by atoms with E-state index in [1.165, 1.54) is 13.0 Å². The number of aliphatic hydroxyl groups is 1. The van der Waals surface area contributed by atoms with E-state index in [1.54, 1.807) is 36.4 Å². The Labute approximate surface area is 187 Å². The monoisotopic (exact) mass is 461 g/mol. The van der Waals surface area contributed by atoms with E-state index in [0.717, 1.165) is 15.4 Å². The molecule has 0 aromatic heterocycles. The maximum Gasteiger partial charge on any atom is 0.324 e. The number of esters is 1. The summed E-state index contributed by atoms with van der Waals surface area (Å²) >= 11 is 0. The lowest BCUT2D eigenvalue weighted by Gasteiger charge is -2.23. The molecule has 2 unspecified atom stereocenters. The lowest BCUT2D eigenvalue weighted by atomic mass is 10.1. The first-order valence-electron chi connectivity index (χ1n) is 10.3. The predicted octanol–water partition coefficient (Wildman–Crippen LogP) is 2.25. The van der Waals surface area contributed by atoms with Gasteiger partial charge in [-0.2, -0.15) is 4.31 Å². The van der Waals surface area contributed by atoms with E-state index in [-0.39, 0.29) is 36.9 Å². The van der Waals surface area contributed by atoms with E-state index in [1.807, 2.05) is 13.8 Å². The third-order valence-electron chi connectivity index (χ3n) is 5.44. The Morgan fingerprint density at radius 2 is 1.81 bits per heavy atom. The van der Waals surface area contributed by atoms with Crippen LogP contribution >= 0.6 is 0 Å². The number of ether oxygens (including phenoxy) is 2. The maximum atomic E-state index is 13.1. The Hall–Kier alpha value is -2.75. The average Bonchev–Trinajstić information content (AvgIpc) is 3.16. The molecule has 1 saturated heterocycles. The van der Waals surface area contributed by atoms with Gasteiger partial charge < -0.3 is 14.6 Å². The quantitative estimate of drug-likeness (QED) is 0.365. The first kappa shape index (κ1) is 23.9. The third kappa shape index (κ3) is 5.17. The average molecular weight is 462 g/mol. The highest BCUT2D eigenvalue weighted by molar-refractivity contribution is 7.89. The molecule has 8 nitrogen and oxygen atoms in total. The van der Waals surface area contributed by atoms with Crippen LogP contribution in [0.5, 0.6) is 5.75 Å². The van der Waals surface area contributed by atoms with Gasteiger partial charge >= 0.3 is 5.97 Å². The van der Waals surface area contributed by atoms with Crippen molar-refractivity contribution in [1.29, 1.82) is 0 Å². The van der Waals surface area contributed by atoms with Gasteiger partial charge in [0.1, 0.15) is 25.0 Å². The number of aryl methyl sites for hydroxylation is 2. The van der Waals surface area contributed by atoms with Crippen LogP contribution in [0, 0.1) is 13.8 Å². The molecule has 172 valence electrons. The summed E-state index contributed by atoms with van der Waals surface area (Å²) in [5.74, 6) is -0.520. The number of rotatable bonds is 8. The molecular weight excluding hydrogens is 434 g/mol. The number of ketones is 1. The van der Waals surface area contributed by atoms with Crippen molar-refractivity contribution < 1.29 is 32.6 Å². The number of para-hydroxylation sites is 1. The van der Waals surface area contributed by atoms with Crippen molar-refractivity contribution in [3.63, 3.8) is 0 Å². The Morgan fingerprint density at radius 3 is 2.50 bits per heavy atom. The zero-order chi connectivity index (χ0) is 23.5. The minimum absolute atomic E-state index is 0.00475. The summed E-state index contributed by atoms with van der Waals surface area (Å²) in [4.78, 5) is 24.4. The van der Waals surface area contributed by atoms with Crippen LogP contribution in [-0.4, -0.2) is 61.5 Å². The molecule has 1 aliphatic rings. The van der Waals surface area contributed by atoms with Crippen molar-refractivity contribution >= 4 is 21.8 Å². The van der Waals surface area contributed by atoms with Gasteiger partial charge in [-0.15, -0.1) is 0 Å². The van der Waals surface area contributed by atoms with Crippen LogP contribution in [0.1, 0.15) is 34.8 Å². The SMILES string of the molecule is CC(=O)c1ccccc1OCCOC(=O)C1CC(O)CN1S(=O)(=O)c1ccc(C)c(C)c1. The summed E-state index contributed by atoms with van der Waals surface area (Å²) in [5, 5.41) is 10.1. The molecule has 1 N–H and O–H groups in total. The number of hydrogen-bond donors (Lipinski definition) is 1. The smallest absolute Gasteiger partial charge is 0.324 e. The van der Waals surface area contributed by atoms with Crippen LogP contribution in [0.4, 0.5) is 0 Å². The fourth-order valence-corrected chi connectivity index (χ4v) is 5.26. The normalized spacial score (nSPS) is 19.0. The third-order valence-corrected chi connectivity index (χ3v) is 7.31. The Morgan fingerprint density at radius 1 is 1.09 bits per heavy atom. The van der Waals surface area contributed by atoms with Crippen molar-refractivity contribution in [2.75, 3.05) is 19.8 Å². The molecule has 0 amide bonds. The van der Waals surface area contributed by atoms with Gasteiger partial charge in [-0.3, -0.25) is 9.59 Å². The number of carbonyl (C=O) groups is 2. The molecule has 1 heterocycles. The number of nitrogens with zero attached hydrogens (tertiary/aromatic N) is 1. The highest BCUT2D eigenvalue weighted by Crippen LogP contribution is 2.28. The van der Waals surface area contributed by atoms with E-state index >= 15 is 0 Å². The lowest BCUT2D eigenvalue weighted by molar-refractivity contribution is -0.148. The number of hydrogen-bond acceptors (Lipinski definition) is 7. The molecule has 0 saturated carbocycles. The molecule has 1 aliphatic heterocycles. The van der Waals surface area contributed by atoms with Crippen LogP contribution in [-0.2, 0) is 19.6 Å². The predicted molar refractivity (Wildman–Crippen MR) is 117 cm³/mol. The second-order valence-electron chi connectivity index (χ2n) is 7.79. The van der Waals surface area contributed by atoms with Gasteiger partial charge in [0.05, 0.1) is 16.6 Å². The minimum Gasteiger partial charge on any atom is -0.489 e. The molecule has 0 aliphatic carbocycles. The molecule has 0 bridgehead atoms. The first-order valence-corrected chi connectivity index (χ1v) is 11.7. The van der Waals surface area contributed by atoms with Gasteiger partial charge in [0, 0.05) is 13.0 Å². The van der Waals surface area contributed by atoms with Gasteiger partial charge in [-0.1, -0.05) is 18.2 Å². The van der Waals surface area contributed by atoms with E-state index in [9.17, 15) is 23.1 Å². The molecule has 1 fully saturated rings. The van der Waals surface area contributed by atoms with Crippen LogP contribution in [0.15, 0.2) is 47.4 Å². The molecule has 0 spiro atoms. The molecule has 3 rings (SSSR count). The summed E-state index contributed by atoms with van der Waals surface area (Å²) in [6.45, 7) is 4.80. The summed E-state index contributed by atoms with van der Waals surface area (Å²) in [6, 6.07) is 10.4. The van der Waals surface area contributed by atoms with Gasteiger partial charge in [-0.05, 0) is 56.2 Å². The summed E-state index contributed by atoms with van der Waals surface area (Å²) in [7, 11) is -3.99. The van der Waals surface area contributed by atoms with E-state index in [2.05, 4.69) is 0 Å². The molecule has 2 aromatic carbocycles. The highest BCUT2D eigenvalue weighted by atomic mass is 32.2. The largest absolute Gasteiger partial charge is 0.489 e. The van der Waals surface area contributed by atoms with E-state index < -0.39 is 28.1 Å². The first-order chi connectivity index (χ1) is 15.1. The van der Waals surface area contributed by atoms with Crippen LogP contribution in [0.2, 0.25) is 0 Å². The molecular formula is C23H27NO7S. The van der Waals surface area contributed by atoms with Gasteiger partial charge in [-0.25, -0.2) is 8.42 Å². The minimum atomic E-state index is -3.99. The number of benzene rings is 2. The zero-order valence-corrected chi connectivity index (χ0v) is 19.1. The van der Waals surface area contributed by atoms with Gasteiger partial charge in [0.25, 0.3) is 0 Å². The van der Waals surface area contributed by atoms with Gasteiger partial charge in [0.15, 0.2) is 5.78 Å². The Bertz CT molecular complexity index is 1110. The summed E-state index contributed by atoms with van der Waals surface area (Å²) < 4.78 is 38.0. The number of aliphatic hydroxyl groups excluding tert-OH is 1. The van der Waals surface area contributed by atoms with Crippen LogP contribution in [0.3, 0.4) is 0 Å². The van der Waals surface area contributed by atoms with Crippen molar-refractivity contribution in [3.8, 4) is 5.75 Å². The molecule has 2 atom stereocenters. The van der Waals surface area contributed by atoms with Crippen molar-refractivity contribution in [3.05, 3.63) is 59.2 Å². The van der Waals surface area contributed by atoms with Crippen LogP contribution in [0.25, 0.3) is 0 Å². The van der Waals surface area contributed by atoms with Crippen molar-refractivity contribution in [1.82, 2.24) is 4.31 Å². The molecule has 32 heavy (non-hydrogen) atoms. The second kappa shape index (κ2) is 9.81. The number of sulfonamides is 1. The number of β-amino-alcohol motifs (C(OH)–C–C–N with tert-alkyl or cyclic N) is 1. The topological polar surface area (TPSA) is 110 Å². The molecule has 9 heteroatoms. The fraction of sp³-hybridized carbons (Fsp3) is 0.391. The summed E-state index contributed by atoms with van der Waals surface area (Å²) in [5.41, 5.74) is 2.18. The van der Waals surface area contributed by atoms with Crippen molar-refractivity contribution in [2.45, 2.75) is 44.2 Å². The Balaban J connectivity index is 1.65. The Kier molecular flexibility index (Phi) is 7.33. The zero-order valence-electron chi connectivity index (χ0n) is 18.3. The highest BCUT2D eigenvalue weighted by Gasteiger charge is 2.44. The maximum absolute atomic E-state index is 13.1. The fourth-order valence-electron chi connectivity index (χ4n) is 3.55. The van der Waals surface area contributed by atoms with E-state index in [4.69, 9.17) is 9.47 Å². The van der Waals surface area contributed by atoms with E-state index in [0.29, 0.717) is 11.3 Å². The number of carbonyl (C=O) groups excluding carboxylic acids is 2.